The van der Waals surface area contributed by atoms with Gasteiger partial charge in [0.2, 0.25) is 0 Å². The number of amides is 2. The average molecular weight is 405 g/mol. The fourth-order valence-corrected chi connectivity index (χ4v) is 3.14. The molecule has 0 aromatic heterocycles. The number of para-hydroxylation sites is 1. The van der Waals surface area contributed by atoms with Gasteiger partial charge in [0, 0.05) is 0 Å². The van der Waals surface area contributed by atoms with Crippen LogP contribution in [0.2, 0.25) is 10.0 Å². The van der Waals surface area contributed by atoms with Gasteiger partial charge >= 0.3 is 0 Å². The van der Waals surface area contributed by atoms with Crippen LogP contribution < -0.4 is 15.2 Å². The van der Waals surface area contributed by atoms with Crippen LogP contribution in [0.4, 0.5) is 5.69 Å². The van der Waals surface area contributed by atoms with Crippen molar-refractivity contribution in [3.8, 4) is 5.75 Å². The molecule has 5 nitrogen and oxygen atoms in total. The number of nitrogens with zero attached hydrogens (tertiary/aromatic N) is 1. The van der Waals surface area contributed by atoms with E-state index in [0.717, 1.165) is 6.42 Å². The molecule has 1 atom stereocenters. The summed E-state index contributed by atoms with van der Waals surface area (Å²) in [6, 6.07) is 12.1. The van der Waals surface area contributed by atoms with E-state index in [9.17, 15) is 9.59 Å². The highest BCUT2D eigenvalue weighted by Gasteiger charge is 2.34. The summed E-state index contributed by atoms with van der Waals surface area (Å²) in [6.07, 6.45) is 2.24. The van der Waals surface area contributed by atoms with E-state index in [-0.39, 0.29) is 11.7 Å². The topological polar surface area (TPSA) is 58.6 Å². The molecule has 2 amide bonds. The molecule has 0 radical (unpaired) electrons. The van der Waals surface area contributed by atoms with Gasteiger partial charge in [-0.05, 0) is 49.2 Å². The van der Waals surface area contributed by atoms with Gasteiger partial charge in [0.1, 0.15) is 5.57 Å². The molecule has 1 fully saturated rings. The zero-order valence-electron chi connectivity index (χ0n) is 14.8. The molecule has 0 bridgehead atoms. The third-order valence-electron chi connectivity index (χ3n) is 4.13. The molecule has 1 aliphatic heterocycles. The van der Waals surface area contributed by atoms with Gasteiger partial charge < -0.3 is 4.74 Å². The average Bonchev–Trinajstić information content (AvgIpc) is 2.93. The lowest BCUT2D eigenvalue weighted by Crippen LogP contribution is -2.35. The van der Waals surface area contributed by atoms with E-state index in [0.29, 0.717) is 27.0 Å². The molecule has 27 heavy (non-hydrogen) atoms. The second-order valence-corrected chi connectivity index (χ2v) is 6.94. The van der Waals surface area contributed by atoms with Crippen molar-refractivity contribution in [3.05, 3.63) is 63.6 Å². The lowest BCUT2D eigenvalue weighted by atomic mass is 10.1. The van der Waals surface area contributed by atoms with Crippen LogP contribution in [-0.4, -0.2) is 17.9 Å². The first kappa shape index (κ1) is 19.3. The van der Waals surface area contributed by atoms with Crippen LogP contribution in [0.15, 0.2) is 48.0 Å². The van der Waals surface area contributed by atoms with E-state index in [4.69, 9.17) is 27.9 Å². The van der Waals surface area contributed by atoms with Gasteiger partial charge in [-0.3, -0.25) is 15.0 Å². The number of hydrazine groups is 1. The molecule has 2 aromatic rings. The molecule has 0 unspecified atom stereocenters. The van der Waals surface area contributed by atoms with Crippen molar-refractivity contribution in [1.29, 1.82) is 0 Å². The first-order chi connectivity index (χ1) is 12.9. The molecule has 1 aliphatic rings. The molecule has 0 saturated carbocycles. The maximum Gasteiger partial charge on any atom is 0.282 e. The van der Waals surface area contributed by atoms with E-state index in [1.165, 1.54) is 11.1 Å². The fraction of sp³-hybridized carbons (Fsp3) is 0.200. The van der Waals surface area contributed by atoms with Gasteiger partial charge in [0.15, 0.2) is 5.75 Å². The standard InChI is InChI=1S/C20H18Cl2N2O3/c1-3-12(2)27-18-16(21)10-13(11-17(18)22)9-15-19(25)23-24(20(15)26)14-7-5-4-6-8-14/h4-12H,3H2,1-2H3,(H,23,25)/b15-9-/t12-/m1/s1. The van der Waals surface area contributed by atoms with E-state index < -0.39 is 11.8 Å². The Labute approximate surface area is 167 Å². The smallest absolute Gasteiger partial charge is 0.282 e. The highest BCUT2D eigenvalue weighted by Crippen LogP contribution is 2.36. The number of carbonyl (C=O) groups excluding carboxylic acids is 2. The summed E-state index contributed by atoms with van der Waals surface area (Å²) in [5, 5.41) is 1.85. The second kappa shape index (κ2) is 8.03. The van der Waals surface area contributed by atoms with Crippen LogP contribution in [-0.2, 0) is 9.59 Å². The Balaban J connectivity index is 1.90. The maximum atomic E-state index is 12.6. The third-order valence-corrected chi connectivity index (χ3v) is 4.69. The number of halogens is 2. The largest absolute Gasteiger partial charge is 0.488 e. The van der Waals surface area contributed by atoms with Gasteiger partial charge in [-0.25, -0.2) is 5.01 Å². The summed E-state index contributed by atoms with van der Waals surface area (Å²) in [6.45, 7) is 3.91. The van der Waals surface area contributed by atoms with Crippen LogP contribution >= 0.6 is 23.2 Å². The Morgan fingerprint density at radius 3 is 2.37 bits per heavy atom. The zero-order valence-corrected chi connectivity index (χ0v) is 16.3. The number of ether oxygens (including phenoxy) is 1. The number of benzene rings is 2. The van der Waals surface area contributed by atoms with Gasteiger partial charge in [-0.15, -0.1) is 0 Å². The zero-order chi connectivity index (χ0) is 19.6. The summed E-state index contributed by atoms with van der Waals surface area (Å²) in [7, 11) is 0. The minimum atomic E-state index is -0.490. The summed E-state index contributed by atoms with van der Waals surface area (Å²) < 4.78 is 5.73. The second-order valence-electron chi connectivity index (χ2n) is 6.13. The van der Waals surface area contributed by atoms with Crippen molar-refractivity contribution in [3.63, 3.8) is 0 Å². The lowest BCUT2D eigenvalue weighted by molar-refractivity contribution is -0.117. The molecule has 1 heterocycles. The van der Waals surface area contributed by atoms with Crippen LogP contribution in [0.3, 0.4) is 0 Å². The molecular formula is C20H18Cl2N2O3. The Morgan fingerprint density at radius 2 is 1.78 bits per heavy atom. The number of hydrogen-bond donors (Lipinski definition) is 1. The summed E-state index contributed by atoms with van der Waals surface area (Å²) in [4.78, 5) is 24.9. The van der Waals surface area contributed by atoms with Gasteiger partial charge in [-0.1, -0.05) is 48.3 Å². The number of rotatable bonds is 5. The summed E-state index contributed by atoms with van der Waals surface area (Å²) in [5.74, 6) is -0.544. The van der Waals surface area contributed by atoms with Crippen molar-refractivity contribution in [2.75, 3.05) is 5.01 Å². The van der Waals surface area contributed by atoms with Crippen molar-refractivity contribution in [1.82, 2.24) is 5.43 Å². The molecule has 0 aliphatic carbocycles. The van der Waals surface area contributed by atoms with Crippen LogP contribution in [0.1, 0.15) is 25.8 Å². The van der Waals surface area contributed by atoms with Crippen LogP contribution in [0, 0.1) is 0 Å². The molecular weight excluding hydrogens is 387 g/mol. The number of carbonyl (C=O) groups is 2. The SMILES string of the molecule is CC[C@@H](C)Oc1c(Cl)cc(/C=C2/C(=O)NN(c3ccccc3)C2=O)cc1Cl. The number of nitrogens with one attached hydrogen (secondary N) is 1. The first-order valence-corrected chi connectivity index (χ1v) is 9.24. The van der Waals surface area contributed by atoms with E-state index in [2.05, 4.69) is 5.43 Å². The molecule has 2 aromatic carbocycles. The summed E-state index contributed by atoms with van der Waals surface area (Å²) >= 11 is 12.6. The molecule has 1 N–H and O–H groups in total. The van der Waals surface area contributed by atoms with Crippen molar-refractivity contribution in [2.45, 2.75) is 26.4 Å². The van der Waals surface area contributed by atoms with E-state index in [1.54, 1.807) is 36.4 Å². The Kier molecular flexibility index (Phi) is 5.73. The molecule has 140 valence electrons. The third kappa shape index (κ3) is 4.10. The normalized spacial score (nSPS) is 16.6. The van der Waals surface area contributed by atoms with Crippen molar-refractivity contribution in [2.24, 2.45) is 0 Å². The number of anilines is 1. The van der Waals surface area contributed by atoms with Crippen molar-refractivity contribution < 1.29 is 14.3 Å². The molecule has 7 heteroatoms. The highest BCUT2D eigenvalue weighted by molar-refractivity contribution is 6.37. The molecule has 0 spiro atoms. The highest BCUT2D eigenvalue weighted by atomic mass is 35.5. The Morgan fingerprint density at radius 1 is 1.15 bits per heavy atom. The molecule has 3 rings (SSSR count). The quantitative estimate of drug-likeness (QED) is 0.583. The maximum absolute atomic E-state index is 12.6. The van der Waals surface area contributed by atoms with Crippen LogP contribution in [0.5, 0.6) is 5.75 Å². The summed E-state index contributed by atoms with van der Waals surface area (Å²) in [5.41, 5.74) is 3.67. The number of hydrogen-bond acceptors (Lipinski definition) is 3. The fourth-order valence-electron chi connectivity index (χ4n) is 2.54. The lowest BCUT2D eigenvalue weighted by Gasteiger charge is -2.15. The Hall–Kier alpha value is -2.50. The van der Waals surface area contributed by atoms with Gasteiger partial charge in [-0.2, -0.15) is 0 Å². The first-order valence-electron chi connectivity index (χ1n) is 8.48. The minimum Gasteiger partial charge on any atom is -0.488 e. The monoisotopic (exact) mass is 404 g/mol. The van der Waals surface area contributed by atoms with Crippen molar-refractivity contribution >= 4 is 46.8 Å². The minimum absolute atomic E-state index is 0.00146. The van der Waals surface area contributed by atoms with Crippen LogP contribution in [0.25, 0.3) is 6.08 Å². The van der Waals surface area contributed by atoms with E-state index >= 15 is 0 Å². The van der Waals surface area contributed by atoms with Gasteiger partial charge in [0.05, 0.1) is 21.8 Å². The Bertz CT molecular complexity index is 890. The molecule has 1 saturated heterocycles. The predicted octanol–water partition coefficient (Wildman–Crippen LogP) is 4.63. The van der Waals surface area contributed by atoms with Gasteiger partial charge in [0.25, 0.3) is 11.8 Å². The predicted molar refractivity (Wildman–Crippen MR) is 107 cm³/mol. The van der Waals surface area contributed by atoms with E-state index in [1.807, 2.05) is 19.9 Å².